The van der Waals surface area contributed by atoms with Gasteiger partial charge in [-0.05, 0) is 54.7 Å². The number of benzene rings is 2. The van der Waals surface area contributed by atoms with Crippen LogP contribution in [-0.2, 0) is 18.4 Å². The molecule has 7 nitrogen and oxygen atoms in total. The predicted octanol–water partition coefficient (Wildman–Crippen LogP) is 4.14. The molecule has 0 aliphatic carbocycles. The number of fused-ring (bicyclic) bond motifs is 1. The first kappa shape index (κ1) is 18.9. The van der Waals surface area contributed by atoms with E-state index in [2.05, 4.69) is 15.5 Å². The van der Waals surface area contributed by atoms with Gasteiger partial charge < -0.3 is 14.6 Å². The SMILES string of the molecule is COc1ccc(-c2n[nH]c(=S)n2CCC(=O)Nc2cccc3c2ccn3C)cc1. The minimum absolute atomic E-state index is 0.0786. The maximum Gasteiger partial charge on any atom is 0.226 e. The zero-order valence-corrected chi connectivity index (χ0v) is 17.0. The number of amides is 1. The van der Waals surface area contributed by atoms with Crippen LogP contribution in [0.2, 0.25) is 0 Å². The van der Waals surface area contributed by atoms with Gasteiger partial charge in [-0.3, -0.25) is 14.5 Å². The lowest BCUT2D eigenvalue weighted by Crippen LogP contribution is -2.15. The van der Waals surface area contributed by atoms with Crippen molar-refractivity contribution in [3.05, 3.63) is 59.5 Å². The fourth-order valence-corrected chi connectivity index (χ4v) is 3.55. The smallest absolute Gasteiger partial charge is 0.226 e. The van der Waals surface area contributed by atoms with Crippen LogP contribution in [0.15, 0.2) is 54.7 Å². The molecule has 0 spiro atoms. The van der Waals surface area contributed by atoms with Gasteiger partial charge in [0.15, 0.2) is 10.6 Å². The molecule has 0 bridgehead atoms. The molecule has 148 valence electrons. The lowest BCUT2D eigenvalue weighted by atomic mass is 10.2. The summed E-state index contributed by atoms with van der Waals surface area (Å²) in [7, 11) is 3.61. The number of carbonyl (C=O) groups is 1. The van der Waals surface area contributed by atoms with E-state index in [1.807, 2.05) is 70.9 Å². The van der Waals surface area contributed by atoms with Crippen molar-refractivity contribution < 1.29 is 9.53 Å². The van der Waals surface area contributed by atoms with E-state index in [1.54, 1.807) is 7.11 Å². The number of nitrogens with one attached hydrogen (secondary N) is 2. The van der Waals surface area contributed by atoms with Crippen molar-refractivity contribution in [1.82, 2.24) is 19.3 Å². The standard InChI is InChI=1S/C21H21N5O2S/c1-25-12-10-16-17(4-3-5-18(16)25)22-19(27)11-13-26-20(23-24-21(26)29)14-6-8-15(28-2)9-7-14/h3-10,12H,11,13H2,1-2H3,(H,22,27)(H,24,29). The molecule has 0 unspecified atom stereocenters. The lowest BCUT2D eigenvalue weighted by Gasteiger charge is -2.09. The van der Waals surface area contributed by atoms with E-state index < -0.39 is 0 Å². The van der Waals surface area contributed by atoms with Crippen molar-refractivity contribution >= 4 is 34.7 Å². The minimum Gasteiger partial charge on any atom is -0.497 e. The molecule has 2 aromatic heterocycles. The number of anilines is 1. The van der Waals surface area contributed by atoms with Gasteiger partial charge in [-0.25, -0.2) is 0 Å². The van der Waals surface area contributed by atoms with Crippen LogP contribution in [0, 0.1) is 4.77 Å². The zero-order chi connectivity index (χ0) is 20.4. The van der Waals surface area contributed by atoms with E-state index >= 15 is 0 Å². The molecule has 0 saturated carbocycles. The fourth-order valence-electron chi connectivity index (χ4n) is 3.32. The highest BCUT2D eigenvalue weighted by Gasteiger charge is 2.12. The summed E-state index contributed by atoms with van der Waals surface area (Å²) >= 11 is 5.35. The third-order valence-corrected chi connectivity index (χ3v) is 5.18. The first-order valence-electron chi connectivity index (χ1n) is 9.20. The van der Waals surface area contributed by atoms with Gasteiger partial charge in [-0.1, -0.05) is 6.07 Å². The van der Waals surface area contributed by atoms with Gasteiger partial charge in [0, 0.05) is 42.7 Å². The second-order valence-electron chi connectivity index (χ2n) is 6.70. The molecule has 2 heterocycles. The molecule has 4 rings (SSSR count). The van der Waals surface area contributed by atoms with Gasteiger partial charge in [-0.15, -0.1) is 0 Å². The molecule has 29 heavy (non-hydrogen) atoms. The maximum absolute atomic E-state index is 12.6. The molecule has 4 aromatic rings. The summed E-state index contributed by atoms with van der Waals surface area (Å²) < 4.78 is 9.54. The summed E-state index contributed by atoms with van der Waals surface area (Å²) in [6.45, 7) is 0.424. The van der Waals surface area contributed by atoms with E-state index in [9.17, 15) is 4.79 Å². The topological polar surface area (TPSA) is 76.9 Å². The quantitative estimate of drug-likeness (QED) is 0.471. The number of aryl methyl sites for hydroxylation is 1. The molecule has 8 heteroatoms. The molecular weight excluding hydrogens is 386 g/mol. The highest BCUT2D eigenvalue weighted by atomic mass is 32.1. The second-order valence-corrected chi connectivity index (χ2v) is 7.08. The number of hydrogen-bond donors (Lipinski definition) is 2. The number of rotatable bonds is 6. The van der Waals surface area contributed by atoms with Crippen LogP contribution in [-0.4, -0.2) is 32.3 Å². The van der Waals surface area contributed by atoms with Crippen molar-refractivity contribution in [3.63, 3.8) is 0 Å². The molecule has 0 atom stereocenters. The van der Waals surface area contributed by atoms with Crippen LogP contribution >= 0.6 is 12.2 Å². The van der Waals surface area contributed by atoms with Crippen LogP contribution in [0.4, 0.5) is 5.69 Å². The van der Waals surface area contributed by atoms with E-state index in [-0.39, 0.29) is 12.3 Å². The Hall–Kier alpha value is -3.39. The second kappa shape index (κ2) is 7.92. The van der Waals surface area contributed by atoms with Crippen LogP contribution in [0.5, 0.6) is 5.75 Å². The van der Waals surface area contributed by atoms with Gasteiger partial charge >= 0.3 is 0 Å². The Morgan fingerprint density at radius 2 is 2.00 bits per heavy atom. The third-order valence-electron chi connectivity index (χ3n) is 4.87. The van der Waals surface area contributed by atoms with E-state index in [4.69, 9.17) is 17.0 Å². The number of hydrogen-bond acceptors (Lipinski definition) is 4. The molecular formula is C21H21N5O2S. The fraction of sp³-hybridized carbons (Fsp3) is 0.190. The molecule has 0 aliphatic rings. The third kappa shape index (κ3) is 3.79. The van der Waals surface area contributed by atoms with Crippen molar-refractivity contribution in [2.75, 3.05) is 12.4 Å². The molecule has 2 aromatic carbocycles. The van der Waals surface area contributed by atoms with Crippen molar-refractivity contribution in [2.45, 2.75) is 13.0 Å². The highest BCUT2D eigenvalue weighted by molar-refractivity contribution is 7.71. The minimum atomic E-state index is -0.0786. The average molecular weight is 407 g/mol. The predicted molar refractivity (Wildman–Crippen MR) is 116 cm³/mol. The molecule has 0 radical (unpaired) electrons. The Morgan fingerprint density at radius 3 is 2.76 bits per heavy atom. The summed E-state index contributed by atoms with van der Waals surface area (Å²) in [5.74, 6) is 1.38. The normalized spacial score (nSPS) is 11.0. The Balaban J connectivity index is 1.49. The van der Waals surface area contributed by atoms with Crippen LogP contribution in [0.1, 0.15) is 6.42 Å². The Bertz CT molecular complexity index is 1220. The number of nitrogens with zero attached hydrogens (tertiary/aromatic N) is 3. The average Bonchev–Trinajstić information content (AvgIpc) is 3.30. The van der Waals surface area contributed by atoms with Gasteiger partial charge in [0.25, 0.3) is 0 Å². The van der Waals surface area contributed by atoms with Gasteiger partial charge in [0.2, 0.25) is 5.91 Å². The Morgan fingerprint density at radius 1 is 1.21 bits per heavy atom. The number of carbonyl (C=O) groups excluding carboxylic acids is 1. The Labute approximate surface area is 172 Å². The largest absolute Gasteiger partial charge is 0.497 e. The number of ether oxygens (including phenoxy) is 1. The van der Waals surface area contributed by atoms with Crippen molar-refractivity contribution in [3.8, 4) is 17.1 Å². The lowest BCUT2D eigenvalue weighted by molar-refractivity contribution is -0.116. The molecule has 0 aliphatic heterocycles. The summed E-state index contributed by atoms with van der Waals surface area (Å²) in [5, 5.41) is 11.2. The monoisotopic (exact) mass is 407 g/mol. The zero-order valence-electron chi connectivity index (χ0n) is 16.2. The summed E-state index contributed by atoms with van der Waals surface area (Å²) in [5.41, 5.74) is 2.77. The van der Waals surface area contributed by atoms with Gasteiger partial charge in [-0.2, -0.15) is 5.10 Å². The van der Waals surface area contributed by atoms with Gasteiger partial charge in [0.05, 0.1) is 12.8 Å². The van der Waals surface area contributed by atoms with Crippen LogP contribution < -0.4 is 10.1 Å². The van der Waals surface area contributed by atoms with Gasteiger partial charge in [0.1, 0.15) is 5.75 Å². The number of methoxy groups -OCH3 is 1. The number of H-pyrrole nitrogens is 1. The molecule has 1 amide bonds. The van der Waals surface area contributed by atoms with Crippen LogP contribution in [0.25, 0.3) is 22.3 Å². The van der Waals surface area contributed by atoms with E-state index in [1.165, 1.54) is 0 Å². The van der Waals surface area contributed by atoms with Crippen molar-refractivity contribution in [2.24, 2.45) is 7.05 Å². The Kier molecular flexibility index (Phi) is 5.18. The molecule has 0 saturated heterocycles. The first-order chi connectivity index (χ1) is 14.1. The van der Waals surface area contributed by atoms with Crippen molar-refractivity contribution in [1.29, 1.82) is 0 Å². The molecule has 2 N–H and O–H groups in total. The maximum atomic E-state index is 12.6. The van der Waals surface area contributed by atoms with E-state index in [0.29, 0.717) is 17.1 Å². The first-order valence-corrected chi connectivity index (χ1v) is 9.61. The number of aromatic nitrogens is 4. The summed E-state index contributed by atoms with van der Waals surface area (Å²) in [6.07, 6.45) is 2.26. The van der Waals surface area contributed by atoms with E-state index in [0.717, 1.165) is 27.9 Å². The highest BCUT2D eigenvalue weighted by Crippen LogP contribution is 2.24. The molecule has 0 fully saturated rings. The number of aromatic amines is 1. The summed E-state index contributed by atoms with van der Waals surface area (Å²) in [6, 6.07) is 15.4. The summed E-state index contributed by atoms with van der Waals surface area (Å²) in [4.78, 5) is 12.6. The van der Waals surface area contributed by atoms with Crippen LogP contribution in [0.3, 0.4) is 0 Å².